The smallest absolute Gasteiger partial charge is 0.122 e. The van der Waals surface area contributed by atoms with Gasteiger partial charge in [-0.1, -0.05) is 6.07 Å². The number of aromatic nitrogens is 2. The molecule has 0 amide bonds. The van der Waals surface area contributed by atoms with Gasteiger partial charge in [-0.3, -0.25) is 9.80 Å². The Kier molecular flexibility index (Phi) is 3.96. The molecule has 102 valence electrons. The Hall–Kier alpha value is -1.17. The summed E-state index contributed by atoms with van der Waals surface area (Å²) in [5.74, 6) is 1.16. The molecule has 0 aliphatic carbocycles. The molecule has 0 spiro atoms. The van der Waals surface area contributed by atoms with Crippen molar-refractivity contribution in [2.45, 2.75) is 13.1 Å². The molecule has 1 saturated heterocycles. The zero-order valence-electron chi connectivity index (χ0n) is 11.3. The van der Waals surface area contributed by atoms with Crippen molar-refractivity contribution in [2.24, 2.45) is 7.05 Å². The first-order valence-electron chi connectivity index (χ1n) is 6.74. The van der Waals surface area contributed by atoms with Gasteiger partial charge >= 0.3 is 0 Å². The minimum atomic E-state index is 0.969. The Balaban J connectivity index is 1.48. The predicted molar refractivity (Wildman–Crippen MR) is 78.1 cm³/mol. The van der Waals surface area contributed by atoms with E-state index in [9.17, 15) is 0 Å². The van der Waals surface area contributed by atoms with Gasteiger partial charge in [-0.2, -0.15) is 0 Å². The third kappa shape index (κ3) is 3.23. The van der Waals surface area contributed by atoms with Crippen molar-refractivity contribution in [3.63, 3.8) is 0 Å². The average molecular weight is 276 g/mol. The van der Waals surface area contributed by atoms with Crippen LogP contribution in [-0.4, -0.2) is 45.5 Å². The van der Waals surface area contributed by atoms with Crippen LogP contribution in [0.15, 0.2) is 29.9 Å². The highest BCUT2D eigenvalue weighted by Crippen LogP contribution is 2.14. The maximum absolute atomic E-state index is 4.40. The fraction of sp³-hybridized carbons (Fsp3) is 0.500. The largest absolute Gasteiger partial charge is 0.337 e. The molecule has 1 aliphatic heterocycles. The van der Waals surface area contributed by atoms with Gasteiger partial charge in [-0.25, -0.2) is 4.98 Å². The lowest BCUT2D eigenvalue weighted by molar-refractivity contribution is 0.120. The lowest BCUT2D eigenvalue weighted by Crippen LogP contribution is -2.45. The average Bonchev–Trinajstić information content (AvgIpc) is 3.05. The fourth-order valence-electron chi connectivity index (χ4n) is 2.48. The second kappa shape index (κ2) is 5.86. The topological polar surface area (TPSA) is 24.3 Å². The van der Waals surface area contributed by atoms with E-state index in [1.165, 1.54) is 4.88 Å². The lowest BCUT2D eigenvalue weighted by atomic mass is 10.3. The first kappa shape index (κ1) is 12.8. The van der Waals surface area contributed by atoms with Crippen LogP contribution in [0.4, 0.5) is 0 Å². The van der Waals surface area contributed by atoms with Gasteiger partial charge in [0.2, 0.25) is 0 Å². The van der Waals surface area contributed by atoms with Gasteiger partial charge in [0, 0.05) is 57.0 Å². The Morgan fingerprint density at radius 2 is 1.89 bits per heavy atom. The quantitative estimate of drug-likeness (QED) is 0.851. The van der Waals surface area contributed by atoms with Gasteiger partial charge in [0.15, 0.2) is 0 Å². The van der Waals surface area contributed by atoms with Gasteiger partial charge in [0.05, 0.1) is 6.54 Å². The monoisotopic (exact) mass is 276 g/mol. The SMILES string of the molecule is Cn1ccnc1CN1CCN(Cc2cccs2)CC1. The molecule has 1 fully saturated rings. The Morgan fingerprint density at radius 1 is 1.16 bits per heavy atom. The molecule has 1 aliphatic rings. The van der Waals surface area contributed by atoms with E-state index in [0.29, 0.717) is 0 Å². The molecule has 3 rings (SSSR count). The van der Waals surface area contributed by atoms with E-state index in [1.54, 1.807) is 0 Å². The number of aryl methyl sites for hydroxylation is 1. The van der Waals surface area contributed by atoms with Crippen molar-refractivity contribution in [3.05, 3.63) is 40.6 Å². The molecule has 0 N–H and O–H groups in total. The van der Waals surface area contributed by atoms with Crippen LogP contribution in [0.25, 0.3) is 0 Å². The molecule has 2 aromatic rings. The molecule has 0 atom stereocenters. The second-order valence-corrected chi connectivity index (χ2v) is 6.12. The Labute approximate surface area is 118 Å². The van der Waals surface area contributed by atoms with Crippen LogP contribution in [-0.2, 0) is 20.1 Å². The van der Waals surface area contributed by atoms with E-state index < -0.39 is 0 Å². The number of nitrogens with zero attached hydrogens (tertiary/aromatic N) is 4. The first-order valence-corrected chi connectivity index (χ1v) is 7.62. The van der Waals surface area contributed by atoms with Crippen LogP contribution in [0.3, 0.4) is 0 Å². The van der Waals surface area contributed by atoms with E-state index >= 15 is 0 Å². The normalized spacial score (nSPS) is 17.9. The molecule has 3 heterocycles. The summed E-state index contributed by atoms with van der Waals surface area (Å²) >= 11 is 1.85. The standard InChI is InChI=1S/C14H20N4S/c1-16-5-4-15-14(16)12-18-8-6-17(7-9-18)11-13-3-2-10-19-13/h2-5,10H,6-9,11-12H2,1H3. The van der Waals surface area contributed by atoms with E-state index in [-0.39, 0.29) is 0 Å². The molecule has 2 aromatic heterocycles. The lowest BCUT2D eigenvalue weighted by Gasteiger charge is -2.34. The highest BCUT2D eigenvalue weighted by Gasteiger charge is 2.18. The number of rotatable bonds is 4. The number of hydrogen-bond donors (Lipinski definition) is 0. The van der Waals surface area contributed by atoms with Gasteiger partial charge in [-0.05, 0) is 11.4 Å². The predicted octanol–water partition coefficient (Wildman–Crippen LogP) is 1.80. The highest BCUT2D eigenvalue weighted by atomic mass is 32.1. The van der Waals surface area contributed by atoms with Gasteiger partial charge in [0.1, 0.15) is 5.82 Å². The molecule has 0 aromatic carbocycles. The van der Waals surface area contributed by atoms with Crippen molar-refractivity contribution in [3.8, 4) is 0 Å². The molecular formula is C14H20N4S. The van der Waals surface area contributed by atoms with Crippen molar-refractivity contribution in [1.29, 1.82) is 0 Å². The van der Waals surface area contributed by atoms with Crippen molar-refractivity contribution >= 4 is 11.3 Å². The Morgan fingerprint density at radius 3 is 2.47 bits per heavy atom. The molecule has 5 heteroatoms. The first-order chi connectivity index (χ1) is 9.31. The van der Waals surface area contributed by atoms with Crippen LogP contribution in [0, 0.1) is 0 Å². The minimum Gasteiger partial charge on any atom is -0.337 e. The van der Waals surface area contributed by atoms with Crippen molar-refractivity contribution < 1.29 is 0 Å². The van der Waals surface area contributed by atoms with E-state index in [4.69, 9.17) is 0 Å². The summed E-state index contributed by atoms with van der Waals surface area (Å²) in [7, 11) is 2.06. The zero-order valence-corrected chi connectivity index (χ0v) is 12.1. The summed E-state index contributed by atoms with van der Waals surface area (Å²) in [6.07, 6.45) is 3.89. The Bertz CT molecular complexity index is 497. The number of piperazine rings is 1. The summed E-state index contributed by atoms with van der Waals surface area (Å²) in [5, 5.41) is 2.16. The van der Waals surface area contributed by atoms with Gasteiger partial charge in [-0.15, -0.1) is 11.3 Å². The van der Waals surface area contributed by atoms with Crippen LogP contribution in [0.5, 0.6) is 0 Å². The number of imidazole rings is 1. The van der Waals surface area contributed by atoms with E-state index in [2.05, 4.69) is 43.9 Å². The van der Waals surface area contributed by atoms with Crippen molar-refractivity contribution in [1.82, 2.24) is 19.4 Å². The number of hydrogen-bond acceptors (Lipinski definition) is 4. The number of thiophene rings is 1. The summed E-state index contributed by atoms with van der Waals surface area (Å²) in [6, 6.07) is 4.36. The van der Waals surface area contributed by atoms with Crippen molar-refractivity contribution in [2.75, 3.05) is 26.2 Å². The third-order valence-corrected chi connectivity index (χ3v) is 4.57. The molecule has 0 bridgehead atoms. The summed E-state index contributed by atoms with van der Waals surface area (Å²) < 4.78 is 2.11. The zero-order chi connectivity index (χ0) is 13.1. The molecular weight excluding hydrogens is 256 g/mol. The van der Waals surface area contributed by atoms with Gasteiger partial charge < -0.3 is 4.57 Å². The summed E-state index contributed by atoms with van der Waals surface area (Å²) in [4.78, 5) is 10.9. The molecule has 0 radical (unpaired) electrons. The second-order valence-electron chi connectivity index (χ2n) is 5.09. The highest BCUT2D eigenvalue weighted by molar-refractivity contribution is 7.09. The fourth-order valence-corrected chi connectivity index (χ4v) is 3.22. The molecule has 0 saturated carbocycles. The summed E-state index contributed by atoms with van der Waals surface area (Å²) in [6.45, 7) is 6.66. The maximum atomic E-state index is 4.40. The van der Waals surface area contributed by atoms with Crippen LogP contribution in [0.1, 0.15) is 10.7 Å². The molecule has 0 unspecified atom stereocenters. The summed E-state index contributed by atoms with van der Waals surface area (Å²) in [5.41, 5.74) is 0. The maximum Gasteiger partial charge on any atom is 0.122 e. The minimum absolute atomic E-state index is 0.969. The molecule has 4 nitrogen and oxygen atoms in total. The third-order valence-electron chi connectivity index (χ3n) is 3.71. The van der Waals surface area contributed by atoms with E-state index in [0.717, 1.165) is 45.1 Å². The van der Waals surface area contributed by atoms with Gasteiger partial charge in [0.25, 0.3) is 0 Å². The van der Waals surface area contributed by atoms with Crippen LogP contribution in [0.2, 0.25) is 0 Å². The van der Waals surface area contributed by atoms with Crippen LogP contribution >= 0.6 is 11.3 Å². The van der Waals surface area contributed by atoms with Crippen LogP contribution < -0.4 is 0 Å². The van der Waals surface area contributed by atoms with E-state index in [1.807, 2.05) is 23.7 Å². The molecule has 19 heavy (non-hydrogen) atoms.